The van der Waals surface area contributed by atoms with Crippen molar-refractivity contribution in [1.29, 1.82) is 0 Å². The van der Waals surface area contributed by atoms with Crippen molar-refractivity contribution in [2.24, 2.45) is 11.1 Å². The Morgan fingerprint density at radius 3 is 2.62 bits per heavy atom. The molecule has 0 bridgehead atoms. The molecule has 3 N–H and O–H groups in total. The third-order valence-corrected chi connectivity index (χ3v) is 4.86. The van der Waals surface area contributed by atoms with Crippen LogP contribution in [-0.2, 0) is 9.53 Å². The Labute approximate surface area is 147 Å². The number of nitrogens with one attached hydrogen (secondary N) is 1. The van der Waals surface area contributed by atoms with Gasteiger partial charge in [-0.3, -0.25) is 4.79 Å². The molecular formula is C17H24ClFN2O3. The van der Waals surface area contributed by atoms with Gasteiger partial charge in [0.15, 0.2) is 11.6 Å². The summed E-state index contributed by atoms with van der Waals surface area (Å²) >= 11 is 0. The molecule has 1 saturated heterocycles. The second-order valence-electron chi connectivity index (χ2n) is 6.37. The van der Waals surface area contributed by atoms with Crippen LogP contribution in [0.25, 0.3) is 0 Å². The summed E-state index contributed by atoms with van der Waals surface area (Å²) in [5.41, 5.74) is 5.61. The summed E-state index contributed by atoms with van der Waals surface area (Å²) in [4.78, 5) is 12.5. The van der Waals surface area contributed by atoms with E-state index in [0.29, 0.717) is 31.7 Å². The predicted molar refractivity (Wildman–Crippen MR) is 92.1 cm³/mol. The van der Waals surface area contributed by atoms with E-state index in [0.717, 1.165) is 19.3 Å². The normalized spacial score (nSPS) is 19.8. The van der Waals surface area contributed by atoms with Gasteiger partial charge in [0.1, 0.15) is 0 Å². The van der Waals surface area contributed by atoms with E-state index >= 15 is 0 Å². The summed E-state index contributed by atoms with van der Waals surface area (Å²) in [5, 5.41) is 2.78. The second kappa shape index (κ2) is 8.14. The smallest absolute Gasteiger partial charge is 0.232 e. The van der Waals surface area contributed by atoms with Crippen LogP contribution in [0.5, 0.6) is 5.75 Å². The third-order valence-electron chi connectivity index (χ3n) is 4.86. The fourth-order valence-electron chi connectivity index (χ4n) is 2.89. The van der Waals surface area contributed by atoms with Crippen LogP contribution in [0.3, 0.4) is 0 Å². The molecule has 3 rings (SSSR count). The number of hydrogen-bond donors (Lipinski definition) is 2. The molecule has 7 heteroatoms. The van der Waals surface area contributed by atoms with Gasteiger partial charge in [0.2, 0.25) is 5.91 Å². The van der Waals surface area contributed by atoms with Gasteiger partial charge >= 0.3 is 0 Å². The lowest BCUT2D eigenvalue weighted by molar-refractivity contribution is -0.130. The second-order valence-corrected chi connectivity index (χ2v) is 6.37. The van der Waals surface area contributed by atoms with E-state index in [1.807, 2.05) is 0 Å². The number of nitrogens with two attached hydrogens (primary N) is 1. The Balaban J connectivity index is 0.00000208. The van der Waals surface area contributed by atoms with Gasteiger partial charge < -0.3 is 20.5 Å². The van der Waals surface area contributed by atoms with E-state index < -0.39 is 11.2 Å². The minimum Gasteiger partial charge on any atom is -0.487 e. The minimum atomic E-state index is -0.629. The lowest BCUT2D eigenvalue weighted by Gasteiger charge is -2.34. The Kier molecular flexibility index (Phi) is 6.43. The number of halogens is 2. The lowest BCUT2D eigenvalue weighted by Crippen LogP contribution is -2.46. The van der Waals surface area contributed by atoms with E-state index in [-0.39, 0.29) is 36.7 Å². The molecule has 1 saturated carbocycles. The zero-order valence-electron chi connectivity index (χ0n) is 13.6. The summed E-state index contributed by atoms with van der Waals surface area (Å²) in [6.07, 6.45) is 4.36. The topological polar surface area (TPSA) is 73.6 Å². The van der Waals surface area contributed by atoms with Crippen molar-refractivity contribution in [3.8, 4) is 5.75 Å². The molecule has 134 valence electrons. The highest BCUT2D eigenvalue weighted by Gasteiger charge is 2.38. The summed E-state index contributed by atoms with van der Waals surface area (Å²) < 4.78 is 25.0. The summed E-state index contributed by atoms with van der Waals surface area (Å²) in [6.45, 7) is 1.30. The van der Waals surface area contributed by atoms with Gasteiger partial charge in [0.25, 0.3) is 0 Å². The number of amides is 1. The minimum absolute atomic E-state index is 0. The van der Waals surface area contributed by atoms with Crippen molar-refractivity contribution < 1.29 is 18.7 Å². The molecule has 5 nitrogen and oxygen atoms in total. The van der Waals surface area contributed by atoms with Crippen LogP contribution in [0.1, 0.15) is 32.1 Å². The molecule has 24 heavy (non-hydrogen) atoms. The molecule has 2 aliphatic rings. The van der Waals surface area contributed by atoms with E-state index in [4.69, 9.17) is 15.2 Å². The largest absolute Gasteiger partial charge is 0.487 e. The molecule has 0 spiro atoms. The standard InChI is InChI=1S/C17H23FN2O3.ClH/c18-14-10-12(4-5-15(14)23-13-2-1-3-13)20-16(21)17(11-19)6-8-22-9-7-17;/h4-5,10,13H,1-3,6-9,11,19H2,(H,20,21);1H. The lowest BCUT2D eigenvalue weighted by atomic mass is 9.79. The predicted octanol–water partition coefficient (Wildman–Crippen LogP) is 2.87. The highest BCUT2D eigenvalue weighted by molar-refractivity contribution is 5.95. The van der Waals surface area contributed by atoms with Crippen LogP contribution < -0.4 is 15.8 Å². The molecule has 1 aliphatic carbocycles. The zero-order valence-corrected chi connectivity index (χ0v) is 14.4. The van der Waals surface area contributed by atoms with E-state index in [9.17, 15) is 9.18 Å². The Hall–Kier alpha value is -1.37. The number of carbonyl (C=O) groups excluding carboxylic acids is 1. The number of ether oxygens (including phenoxy) is 2. The van der Waals surface area contributed by atoms with Gasteiger partial charge in [-0.05, 0) is 44.2 Å². The SMILES string of the molecule is Cl.NCC1(C(=O)Nc2ccc(OC3CCC3)c(F)c2)CCOCC1. The van der Waals surface area contributed by atoms with Crippen molar-refractivity contribution in [2.75, 3.05) is 25.1 Å². The zero-order chi connectivity index (χ0) is 16.3. The first-order chi connectivity index (χ1) is 11.1. The van der Waals surface area contributed by atoms with Gasteiger partial charge in [0.05, 0.1) is 11.5 Å². The van der Waals surface area contributed by atoms with Gasteiger partial charge in [-0.15, -0.1) is 12.4 Å². The van der Waals surface area contributed by atoms with Gasteiger partial charge in [-0.1, -0.05) is 0 Å². The quantitative estimate of drug-likeness (QED) is 0.848. The number of carbonyl (C=O) groups is 1. The van der Waals surface area contributed by atoms with Crippen LogP contribution in [0.2, 0.25) is 0 Å². The number of rotatable bonds is 5. The average molecular weight is 359 g/mol. The van der Waals surface area contributed by atoms with Crippen molar-refractivity contribution in [1.82, 2.24) is 0 Å². The molecule has 1 aromatic rings. The number of hydrogen-bond acceptors (Lipinski definition) is 4. The molecule has 0 aromatic heterocycles. The molecule has 0 unspecified atom stereocenters. The van der Waals surface area contributed by atoms with Gasteiger partial charge in [-0.25, -0.2) is 4.39 Å². The molecule has 0 atom stereocenters. The first kappa shape index (κ1) is 19.0. The summed E-state index contributed by atoms with van der Waals surface area (Å²) in [5.74, 6) is -0.383. The average Bonchev–Trinajstić information content (AvgIpc) is 2.53. The monoisotopic (exact) mass is 358 g/mol. The highest BCUT2D eigenvalue weighted by atomic mass is 35.5. The van der Waals surface area contributed by atoms with Gasteiger partial charge in [-0.2, -0.15) is 0 Å². The van der Waals surface area contributed by atoms with Gasteiger partial charge in [0, 0.05) is 31.5 Å². The number of anilines is 1. The van der Waals surface area contributed by atoms with Crippen LogP contribution in [0.15, 0.2) is 18.2 Å². The molecule has 1 aromatic carbocycles. The Morgan fingerprint density at radius 1 is 1.38 bits per heavy atom. The van der Waals surface area contributed by atoms with Crippen LogP contribution in [0, 0.1) is 11.2 Å². The van der Waals surface area contributed by atoms with Crippen LogP contribution >= 0.6 is 12.4 Å². The van der Waals surface area contributed by atoms with Crippen molar-refractivity contribution >= 4 is 24.0 Å². The fraction of sp³-hybridized carbons (Fsp3) is 0.588. The Bertz CT molecular complexity index is 575. The first-order valence-corrected chi connectivity index (χ1v) is 8.18. The van der Waals surface area contributed by atoms with Crippen molar-refractivity contribution in [3.63, 3.8) is 0 Å². The van der Waals surface area contributed by atoms with E-state index in [1.165, 1.54) is 6.07 Å². The Morgan fingerprint density at radius 2 is 2.08 bits per heavy atom. The fourth-order valence-corrected chi connectivity index (χ4v) is 2.89. The summed E-state index contributed by atoms with van der Waals surface area (Å²) in [6, 6.07) is 4.54. The van der Waals surface area contributed by atoms with E-state index in [1.54, 1.807) is 12.1 Å². The molecule has 1 heterocycles. The first-order valence-electron chi connectivity index (χ1n) is 8.18. The maximum atomic E-state index is 14.1. The van der Waals surface area contributed by atoms with Crippen molar-refractivity contribution in [2.45, 2.75) is 38.2 Å². The molecule has 2 fully saturated rings. The maximum Gasteiger partial charge on any atom is 0.232 e. The summed E-state index contributed by atoms with van der Waals surface area (Å²) in [7, 11) is 0. The molecular weight excluding hydrogens is 335 g/mol. The molecule has 0 radical (unpaired) electrons. The van der Waals surface area contributed by atoms with Crippen LogP contribution in [-0.4, -0.2) is 31.8 Å². The molecule has 1 aliphatic heterocycles. The van der Waals surface area contributed by atoms with Crippen LogP contribution in [0.4, 0.5) is 10.1 Å². The third kappa shape index (κ3) is 3.99. The van der Waals surface area contributed by atoms with E-state index in [2.05, 4.69) is 5.32 Å². The maximum absolute atomic E-state index is 14.1. The molecule has 1 amide bonds. The van der Waals surface area contributed by atoms with Crippen molar-refractivity contribution in [3.05, 3.63) is 24.0 Å². The highest BCUT2D eigenvalue weighted by Crippen LogP contribution is 2.32. The number of benzene rings is 1.